The summed E-state index contributed by atoms with van der Waals surface area (Å²) in [5.74, 6) is 0.238. The van der Waals surface area contributed by atoms with Gasteiger partial charge in [-0.3, -0.25) is 4.79 Å². The van der Waals surface area contributed by atoms with Crippen LogP contribution in [0.4, 0.5) is 4.39 Å². The number of hydrogen-bond donors (Lipinski definition) is 3. The van der Waals surface area contributed by atoms with Gasteiger partial charge in [0, 0.05) is 37.7 Å². The molecule has 0 saturated heterocycles. The number of fused-ring (bicyclic) bond motifs is 1. The maximum Gasteiger partial charge on any atom is 0.243 e. The normalized spacial score (nSPS) is 12.6. The van der Waals surface area contributed by atoms with E-state index >= 15 is 0 Å². The van der Waals surface area contributed by atoms with Crippen LogP contribution in [0.5, 0.6) is 0 Å². The summed E-state index contributed by atoms with van der Waals surface area (Å²) in [6, 6.07) is 14.8. The second kappa shape index (κ2) is 9.91. The van der Waals surface area contributed by atoms with Crippen molar-refractivity contribution in [1.82, 2.24) is 20.5 Å². The molecule has 3 N–H and O–H groups in total. The molecule has 1 unspecified atom stereocenters. The monoisotopic (exact) mass is 409 g/mol. The first-order chi connectivity index (χ1) is 14.4. The molecule has 0 aliphatic carbocycles. The van der Waals surface area contributed by atoms with Crippen LogP contribution in [-0.2, 0) is 11.2 Å². The molecule has 158 valence electrons. The predicted octanol–water partition coefficient (Wildman–Crippen LogP) is 3.23. The number of carbonyl (C=O) groups is 1. The van der Waals surface area contributed by atoms with E-state index < -0.39 is 0 Å². The van der Waals surface area contributed by atoms with E-state index in [0.717, 1.165) is 22.0 Å². The third kappa shape index (κ3) is 5.59. The number of nitrogens with zero attached hydrogens (tertiary/aromatic N) is 2. The van der Waals surface area contributed by atoms with Crippen molar-refractivity contribution in [1.29, 1.82) is 0 Å². The van der Waals surface area contributed by atoms with Crippen LogP contribution < -0.4 is 10.6 Å². The van der Waals surface area contributed by atoms with Gasteiger partial charge in [-0.05, 0) is 42.7 Å². The zero-order chi connectivity index (χ0) is 21.5. The van der Waals surface area contributed by atoms with Crippen molar-refractivity contribution in [3.05, 3.63) is 71.7 Å². The molecule has 1 amide bonds. The second-order valence-corrected chi connectivity index (χ2v) is 7.41. The topological polar surface area (TPSA) is 72.5 Å². The Bertz CT molecular complexity index is 1010. The molecule has 1 aromatic heterocycles. The number of carbonyl (C=O) groups excluding carboxylic acids is 1. The van der Waals surface area contributed by atoms with Crippen LogP contribution in [0.15, 0.2) is 59.7 Å². The highest BCUT2D eigenvalue weighted by Gasteiger charge is 2.10. The summed E-state index contributed by atoms with van der Waals surface area (Å²) in [5, 5.41) is 7.53. The van der Waals surface area contributed by atoms with Gasteiger partial charge in [0.05, 0.1) is 6.04 Å². The number of aliphatic imine (C=N–C) groups is 1. The van der Waals surface area contributed by atoms with Gasteiger partial charge in [-0.25, -0.2) is 9.38 Å². The highest BCUT2D eigenvalue weighted by Crippen LogP contribution is 2.19. The van der Waals surface area contributed by atoms with Gasteiger partial charge in [0.15, 0.2) is 5.96 Å². The van der Waals surface area contributed by atoms with E-state index in [0.29, 0.717) is 18.9 Å². The van der Waals surface area contributed by atoms with Gasteiger partial charge in [-0.1, -0.05) is 30.3 Å². The Labute approximate surface area is 176 Å². The first-order valence-electron chi connectivity index (χ1n) is 9.99. The fourth-order valence-corrected chi connectivity index (χ4v) is 3.14. The minimum atomic E-state index is -0.251. The number of nitrogens with one attached hydrogen (secondary N) is 3. The summed E-state index contributed by atoms with van der Waals surface area (Å²) in [7, 11) is 3.42. The highest BCUT2D eigenvalue weighted by molar-refractivity contribution is 5.85. The van der Waals surface area contributed by atoms with Crippen LogP contribution in [0.2, 0.25) is 0 Å². The zero-order valence-corrected chi connectivity index (χ0v) is 17.6. The Hall–Kier alpha value is -3.35. The summed E-state index contributed by atoms with van der Waals surface area (Å²) in [6.45, 7) is 2.69. The maximum atomic E-state index is 13.6. The molecule has 0 radical (unpaired) electrons. The first-order valence-corrected chi connectivity index (χ1v) is 9.99. The molecule has 0 saturated carbocycles. The van der Waals surface area contributed by atoms with E-state index in [1.807, 2.05) is 43.5 Å². The summed E-state index contributed by atoms with van der Waals surface area (Å²) < 4.78 is 13.6. The van der Waals surface area contributed by atoms with Crippen molar-refractivity contribution in [2.24, 2.45) is 4.99 Å². The summed E-state index contributed by atoms with van der Waals surface area (Å²) in [4.78, 5) is 21.1. The Morgan fingerprint density at radius 1 is 1.20 bits per heavy atom. The van der Waals surface area contributed by atoms with Crippen molar-refractivity contribution < 1.29 is 9.18 Å². The number of halogens is 1. The maximum absolute atomic E-state index is 13.6. The van der Waals surface area contributed by atoms with Gasteiger partial charge in [0.2, 0.25) is 5.91 Å². The van der Waals surface area contributed by atoms with E-state index in [1.165, 1.54) is 11.0 Å². The van der Waals surface area contributed by atoms with E-state index in [-0.39, 0.29) is 24.3 Å². The SMILES string of the molecule is CC(NC(=NCC(=O)N(C)C)NCCc1c[nH]c2ccc(F)cc12)c1ccccc1. The van der Waals surface area contributed by atoms with Crippen LogP contribution in [0, 0.1) is 5.82 Å². The smallest absolute Gasteiger partial charge is 0.243 e. The molecule has 0 bridgehead atoms. The van der Waals surface area contributed by atoms with Crippen molar-refractivity contribution in [2.75, 3.05) is 27.2 Å². The number of amides is 1. The molecule has 2 aromatic carbocycles. The standard InChI is InChI=1S/C23H28FN5O/c1-16(17-7-5-4-6-8-17)28-23(27-15-22(30)29(2)3)25-12-11-18-14-26-21-10-9-19(24)13-20(18)21/h4-10,13-14,16,26H,11-12,15H2,1-3H3,(H2,25,27,28). The molecule has 3 aromatic rings. The summed E-state index contributed by atoms with van der Waals surface area (Å²) in [6.07, 6.45) is 2.59. The zero-order valence-electron chi connectivity index (χ0n) is 17.6. The van der Waals surface area contributed by atoms with Gasteiger partial charge in [-0.2, -0.15) is 0 Å². The molecule has 0 spiro atoms. The molecular weight excluding hydrogens is 381 g/mol. The number of aromatic amines is 1. The van der Waals surface area contributed by atoms with E-state index in [2.05, 4.69) is 20.6 Å². The van der Waals surface area contributed by atoms with Crippen LogP contribution in [0.1, 0.15) is 24.1 Å². The molecule has 7 heteroatoms. The van der Waals surface area contributed by atoms with Crippen molar-refractivity contribution in [3.63, 3.8) is 0 Å². The fourth-order valence-electron chi connectivity index (χ4n) is 3.14. The van der Waals surface area contributed by atoms with E-state index in [9.17, 15) is 9.18 Å². The summed E-state index contributed by atoms with van der Waals surface area (Å²) >= 11 is 0. The van der Waals surface area contributed by atoms with Crippen LogP contribution in [-0.4, -0.2) is 48.9 Å². The lowest BCUT2D eigenvalue weighted by Crippen LogP contribution is -2.40. The van der Waals surface area contributed by atoms with E-state index in [1.54, 1.807) is 26.2 Å². The van der Waals surface area contributed by atoms with E-state index in [4.69, 9.17) is 0 Å². The molecule has 1 atom stereocenters. The number of guanidine groups is 1. The fraction of sp³-hybridized carbons (Fsp3) is 0.304. The van der Waals surface area contributed by atoms with Crippen LogP contribution >= 0.6 is 0 Å². The molecule has 1 heterocycles. The third-order valence-electron chi connectivity index (χ3n) is 4.94. The Balaban J connectivity index is 1.67. The lowest BCUT2D eigenvalue weighted by atomic mass is 10.1. The quantitative estimate of drug-likeness (QED) is 0.414. The Morgan fingerprint density at radius 2 is 1.97 bits per heavy atom. The number of hydrogen-bond acceptors (Lipinski definition) is 2. The molecule has 0 fully saturated rings. The van der Waals surface area contributed by atoms with Crippen LogP contribution in [0.3, 0.4) is 0 Å². The minimum Gasteiger partial charge on any atom is -0.361 e. The number of H-pyrrole nitrogens is 1. The number of likely N-dealkylation sites (N-methyl/N-ethyl adjacent to an activating group) is 1. The number of rotatable bonds is 7. The Kier molecular flexibility index (Phi) is 7.06. The third-order valence-corrected chi connectivity index (χ3v) is 4.94. The predicted molar refractivity (Wildman–Crippen MR) is 119 cm³/mol. The first kappa shape index (κ1) is 21.4. The highest BCUT2D eigenvalue weighted by atomic mass is 19.1. The minimum absolute atomic E-state index is 0.0223. The van der Waals surface area contributed by atoms with Crippen molar-refractivity contribution in [2.45, 2.75) is 19.4 Å². The van der Waals surface area contributed by atoms with Gasteiger partial charge in [-0.15, -0.1) is 0 Å². The molecule has 3 rings (SSSR count). The average molecular weight is 410 g/mol. The van der Waals surface area contributed by atoms with Gasteiger partial charge in [0.1, 0.15) is 12.4 Å². The average Bonchev–Trinajstić information content (AvgIpc) is 3.14. The molecule has 6 nitrogen and oxygen atoms in total. The lowest BCUT2D eigenvalue weighted by Gasteiger charge is -2.19. The lowest BCUT2D eigenvalue weighted by molar-refractivity contribution is -0.127. The molecule has 0 aliphatic rings. The summed E-state index contributed by atoms with van der Waals surface area (Å²) in [5.41, 5.74) is 3.06. The van der Waals surface area contributed by atoms with Crippen molar-refractivity contribution >= 4 is 22.8 Å². The number of benzene rings is 2. The van der Waals surface area contributed by atoms with Crippen LogP contribution in [0.25, 0.3) is 10.9 Å². The Morgan fingerprint density at radius 3 is 2.70 bits per heavy atom. The number of aromatic nitrogens is 1. The molecule has 0 aliphatic heterocycles. The van der Waals surface area contributed by atoms with Crippen molar-refractivity contribution in [3.8, 4) is 0 Å². The van der Waals surface area contributed by atoms with Gasteiger partial charge in [0.25, 0.3) is 0 Å². The molecule has 30 heavy (non-hydrogen) atoms. The van der Waals surface area contributed by atoms with Gasteiger partial charge < -0.3 is 20.5 Å². The second-order valence-electron chi connectivity index (χ2n) is 7.41. The largest absolute Gasteiger partial charge is 0.361 e. The molecular formula is C23H28FN5O. The van der Waals surface area contributed by atoms with Gasteiger partial charge >= 0.3 is 0 Å².